The normalized spacial score (nSPS) is 19.9. The largest absolute Gasteiger partial charge is 0.496 e. The minimum atomic E-state index is -4.83. The first kappa shape index (κ1) is 22.8. The molecule has 2 aliphatic rings. The van der Waals surface area contributed by atoms with Crippen molar-refractivity contribution in [2.75, 3.05) is 7.11 Å². The number of ether oxygens (including phenoxy) is 1. The van der Waals surface area contributed by atoms with Gasteiger partial charge in [0.05, 0.1) is 28.7 Å². The van der Waals surface area contributed by atoms with Crippen LogP contribution in [0, 0.1) is 0 Å². The molecule has 0 radical (unpaired) electrons. The van der Waals surface area contributed by atoms with Crippen LogP contribution in [-0.2, 0) is 15.5 Å². The first-order valence-electron chi connectivity index (χ1n) is 10.8. The van der Waals surface area contributed by atoms with E-state index in [0.717, 1.165) is 0 Å². The van der Waals surface area contributed by atoms with E-state index in [1.165, 1.54) is 13.2 Å². The molecule has 5 rings (SSSR count). The number of benzene rings is 3. The van der Waals surface area contributed by atoms with Crippen molar-refractivity contribution in [2.24, 2.45) is 5.73 Å². The highest BCUT2D eigenvalue weighted by atomic mass is 32.2. The van der Waals surface area contributed by atoms with Gasteiger partial charge in [-0.25, -0.2) is 0 Å². The van der Waals surface area contributed by atoms with Crippen molar-refractivity contribution < 1.29 is 27.3 Å². The van der Waals surface area contributed by atoms with Crippen LogP contribution in [0.5, 0.6) is 5.75 Å². The molecule has 0 bridgehead atoms. The molecule has 0 spiro atoms. The van der Waals surface area contributed by atoms with E-state index in [2.05, 4.69) is 0 Å². The average molecular weight is 488 g/mol. The van der Waals surface area contributed by atoms with Crippen LogP contribution in [0.3, 0.4) is 0 Å². The SMILES string of the molecule is COc1ccccc1C1(c2ccccc2)CC(S(=O)(=O)O)=C(N)C2=C1C(=O)c1ccccc1C2=O. The highest BCUT2D eigenvalue weighted by Crippen LogP contribution is 2.55. The lowest BCUT2D eigenvalue weighted by Gasteiger charge is -2.43. The minimum absolute atomic E-state index is 0.0572. The lowest BCUT2D eigenvalue weighted by atomic mass is 9.59. The van der Waals surface area contributed by atoms with Crippen LogP contribution in [-0.4, -0.2) is 31.6 Å². The predicted octanol–water partition coefficient (Wildman–Crippen LogP) is 3.82. The van der Waals surface area contributed by atoms with Crippen molar-refractivity contribution in [1.29, 1.82) is 0 Å². The Bertz CT molecular complexity index is 1570. The molecular weight excluding hydrogens is 466 g/mol. The molecule has 0 aromatic heterocycles. The van der Waals surface area contributed by atoms with E-state index in [4.69, 9.17) is 10.5 Å². The molecule has 0 aliphatic heterocycles. The number of hydrogen-bond acceptors (Lipinski definition) is 6. The fraction of sp³-hybridized carbons (Fsp3) is 0.111. The molecule has 3 aromatic carbocycles. The van der Waals surface area contributed by atoms with Crippen molar-refractivity contribution in [2.45, 2.75) is 11.8 Å². The summed E-state index contributed by atoms with van der Waals surface area (Å²) in [5.74, 6) is -0.636. The van der Waals surface area contributed by atoms with Crippen LogP contribution in [0.25, 0.3) is 0 Å². The van der Waals surface area contributed by atoms with E-state index in [9.17, 15) is 22.6 Å². The number of nitrogens with two attached hydrogens (primary N) is 1. The molecule has 3 aromatic rings. The Kier molecular flexibility index (Phi) is 5.23. The third-order valence-electron chi connectivity index (χ3n) is 6.69. The minimum Gasteiger partial charge on any atom is -0.496 e. The van der Waals surface area contributed by atoms with Crippen LogP contribution in [0.15, 0.2) is 101 Å². The summed E-state index contributed by atoms with van der Waals surface area (Å²) in [6.45, 7) is 0. The fourth-order valence-corrected chi connectivity index (χ4v) is 5.96. The number of carbonyl (C=O) groups excluding carboxylic acids is 2. The van der Waals surface area contributed by atoms with Crippen molar-refractivity contribution in [3.8, 4) is 5.75 Å². The molecule has 0 saturated carbocycles. The number of carbonyl (C=O) groups is 2. The van der Waals surface area contributed by atoms with E-state index in [1.54, 1.807) is 72.8 Å². The molecule has 8 heteroatoms. The molecule has 1 atom stereocenters. The van der Waals surface area contributed by atoms with E-state index < -0.39 is 37.7 Å². The standard InChI is InChI=1S/C27H21NO6S/c1-34-20-14-8-7-13-19(20)27(16-9-3-2-4-10-16)15-21(35(31,32)33)24(28)22-23(27)26(30)18-12-6-5-11-17(18)25(22)29/h2-14H,15,28H2,1H3,(H,31,32,33). The second kappa shape index (κ2) is 8.04. The van der Waals surface area contributed by atoms with Gasteiger partial charge in [-0.1, -0.05) is 72.8 Å². The molecule has 2 aliphatic carbocycles. The second-order valence-electron chi connectivity index (χ2n) is 8.41. The summed E-state index contributed by atoms with van der Waals surface area (Å²) in [6.07, 6.45) is -0.373. The van der Waals surface area contributed by atoms with Gasteiger partial charge in [-0.3, -0.25) is 14.1 Å². The lowest BCUT2D eigenvalue weighted by Crippen LogP contribution is -2.44. The van der Waals surface area contributed by atoms with Crippen LogP contribution in [0.1, 0.15) is 38.3 Å². The number of allylic oxidation sites excluding steroid dienone is 3. The van der Waals surface area contributed by atoms with Crippen molar-refractivity contribution >= 4 is 21.7 Å². The lowest BCUT2D eigenvalue weighted by molar-refractivity contribution is 0.0963. The van der Waals surface area contributed by atoms with Crippen molar-refractivity contribution in [1.82, 2.24) is 0 Å². The highest BCUT2D eigenvalue weighted by molar-refractivity contribution is 7.89. The molecule has 35 heavy (non-hydrogen) atoms. The zero-order chi connectivity index (χ0) is 25.0. The Balaban J connectivity index is 2.01. The zero-order valence-corrected chi connectivity index (χ0v) is 19.5. The Morgan fingerprint density at radius 3 is 2.06 bits per heavy atom. The molecule has 0 heterocycles. The van der Waals surface area contributed by atoms with E-state index in [0.29, 0.717) is 16.9 Å². The number of ketones is 2. The van der Waals surface area contributed by atoms with Crippen molar-refractivity contribution in [3.63, 3.8) is 0 Å². The zero-order valence-electron chi connectivity index (χ0n) is 18.7. The summed E-state index contributed by atoms with van der Waals surface area (Å²) >= 11 is 0. The van der Waals surface area contributed by atoms with Gasteiger partial charge >= 0.3 is 0 Å². The molecule has 0 fully saturated rings. The Morgan fingerprint density at radius 2 is 1.43 bits per heavy atom. The maximum absolute atomic E-state index is 14.1. The van der Waals surface area contributed by atoms with Gasteiger partial charge in [0, 0.05) is 28.7 Å². The predicted molar refractivity (Wildman–Crippen MR) is 130 cm³/mol. The van der Waals surface area contributed by atoms with Crippen LogP contribution in [0.4, 0.5) is 0 Å². The summed E-state index contributed by atoms with van der Waals surface area (Å²) in [4.78, 5) is 27.3. The monoisotopic (exact) mass is 487 g/mol. The first-order valence-corrected chi connectivity index (χ1v) is 12.2. The summed E-state index contributed by atoms with van der Waals surface area (Å²) < 4.78 is 41.0. The number of fused-ring (bicyclic) bond motifs is 1. The number of hydrogen-bond donors (Lipinski definition) is 2. The van der Waals surface area contributed by atoms with Gasteiger partial charge in [0.25, 0.3) is 10.1 Å². The summed E-state index contributed by atoms with van der Waals surface area (Å²) in [6, 6.07) is 22.0. The Morgan fingerprint density at radius 1 is 0.857 bits per heavy atom. The molecule has 7 nitrogen and oxygen atoms in total. The number of para-hydroxylation sites is 1. The number of rotatable bonds is 4. The Labute approximate surface area is 202 Å². The van der Waals surface area contributed by atoms with Crippen molar-refractivity contribution in [3.05, 3.63) is 123 Å². The van der Waals surface area contributed by atoms with Gasteiger partial charge in [0.2, 0.25) is 0 Å². The van der Waals surface area contributed by atoms with Crippen LogP contribution < -0.4 is 10.5 Å². The number of methoxy groups -OCH3 is 1. The fourth-order valence-electron chi connectivity index (χ4n) is 5.19. The Hall–Kier alpha value is -4.01. The summed E-state index contributed by atoms with van der Waals surface area (Å²) in [5.41, 5.74) is 5.53. The summed E-state index contributed by atoms with van der Waals surface area (Å²) in [7, 11) is -3.37. The van der Waals surface area contributed by atoms with Gasteiger partial charge < -0.3 is 10.5 Å². The van der Waals surface area contributed by atoms with Gasteiger partial charge in [-0.05, 0) is 11.6 Å². The third kappa shape index (κ3) is 3.25. The highest BCUT2D eigenvalue weighted by Gasteiger charge is 2.53. The topological polar surface area (TPSA) is 124 Å². The molecular formula is C27H21NO6S. The quantitative estimate of drug-likeness (QED) is 0.536. The van der Waals surface area contributed by atoms with Crippen LogP contribution >= 0.6 is 0 Å². The van der Waals surface area contributed by atoms with Gasteiger partial charge in [0.1, 0.15) is 5.75 Å². The molecule has 3 N–H and O–H groups in total. The molecule has 0 amide bonds. The maximum atomic E-state index is 14.1. The van der Waals surface area contributed by atoms with Gasteiger partial charge in [-0.2, -0.15) is 8.42 Å². The number of Topliss-reactive ketones (excluding diaryl/α,β-unsaturated/α-hetero) is 2. The second-order valence-corrected chi connectivity index (χ2v) is 9.86. The summed E-state index contributed by atoms with van der Waals surface area (Å²) in [5, 5.41) is 0. The smallest absolute Gasteiger partial charge is 0.292 e. The van der Waals surface area contributed by atoms with Gasteiger partial charge in [0.15, 0.2) is 11.6 Å². The van der Waals surface area contributed by atoms with Gasteiger partial charge in [-0.15, -0.1) is 0 Å². The van der Waals surface area contributed by atoms with Crippen LogP contribution in [0.2, 0.25) is 0 Å². The first-order chi connectivity index (χ1) is 16.7. The van der Waals surface area contributed by atoms with E-state index >= 15 is 0 Å². The maximum Gasteiger partial charge on any atom is 0.292 e. The average Bonchev–Trinajstić information content (AvgIpc) is 2.87. The molecule has 0 saturated heterocycles. The third-order valence-corrected chi connectivity index (χ3v) is 7.67. The molecule has 1 unspecified atom stereocenters. The van der Waals surface area contributed by atoms with E-state index in [1.807, 2.05) is 0 Å². The molecule has 176 valence electrons. The van der Waals surface area contributed by atoms with E-state index in [-0.39, 0.29) is 28.7 Å².